The van der Waals surface area contributed by atoms with E-state index in [0.29, 0.717) is 36.8 Å². The fourth-order valence-electron chi connectivity index (χ4n) is 3.49. The second kappa shape index (κ2) is 6.72. The van der Waals surface area contributed by atoms with Gasteiger partial charge >= 0.3 is 0 Å². The van der Waals surface area contributed by atoms with Gasteiger partial charge < -0.3 is 14.1 Å². The molecule has 0 N–H and O–H groups in total. The highest BCUT2D eigenvalue weighted by atomic mass is 19.1. The van der Waals surface area contributed by atoms with Crippen LogP contribution in [0.2, 0.25) is 0 Å². The third-order valence-corrected chi connectivity index (χ3v) is 4.88. The number of aryl methyl sites for hydroxylation is 1. The second-order valence-electron chi connectivity index (χ2n) is 6.70. The van der Waals surface area contributed by atoms with Crippen LogP contribution in [0, 0.1) is 12.7 Å². The Morgan fingerprint density at radius 2 is 1.96 bits per heavy atom. The summed E-state index contributed by atoms with van der Waals surface area (Å²) < 4.78 is 27.3. The highest BCUT2D eigenvalue weighted by molar-refractivity contribution is 5.60. The average molecular weight is 379 g/mol. The minimum absolute atomic E-state index is 0.0826. The zero-order valence-electron chi connectivity index (χ0n) is 15.2. The molecule has 0 bridgehead atoms. The van der Waals surface area contributed by atoms with Gasteiger partial charge in [-0.1, -0.05) is 12.1 Å². The van der Waals surface area contributed by atoms with Crippen LogP contribution in [0.25, 0.3) is 17.0 Å². The number of benzene rings is 1. The number of rotatable bonds is 3. The Hall–Kier alpha value is -3.26. The molecule has 7 nitrogen and oxygen atoms in total. The number of aromatic nitrogens is 4. The number of morpholine rings is 1. The average Bonchev–Trinajstić information content (AvgIpc) is 3.34. The summed E-state index contributed by atoms with van der Waals surface area (Å²) in [5, 5.41) is 13.0. The van der Waals surface area contributed by atoms with Crippen LogP contribution in [0.15, 0.2) is 52.9 Å². The molecular weight excluding hydrogens is 361 g/mol. The number of anilines is 1. The zero-order valence-corrected chi connectivity index (χ0v) is 15.2. The minimum Gasteiger partial charge on any atom is -0.464 e. The second-order valence-corrected chi connectivity index (χ2v) is 6.70. The molecule has 1 unspecified atom stereocenters. The molecule has 3 aromatic heterocycles. The Balaban J connectivity index is 1.59. The van der Waals surface area contributed by atoms with Crippen LogP contribution in [-0.4, -0.2) is 39.6 Å². The molecular formula is C20H18FN5O2. The summed E-state index contributed by atoms with van der Waals surface area (Å²) in [6.45, 7) is 3.69. The van der Waals surface area contributed by atoms with Gasteiger partial charge in [0.05, 0.1) is 18.8 Å². The Morgan fingerprint density at radius 3 is 2.79 bits per heavy atom. The highest BCUT2D eigenvalue weighted by Crippen LogP contribution is 2.30. The minimum atomic E-state index is -0.362. The first kappa shape index (κ1) is 16.9. The van der Waals surface area contributed by atoms with Crippen molar-refractivity contribution in [3.05, 3.63) is 65.9 Å². The molecule has 0 radical (unpaired) electrons. The summed E-state index contributed by atoms with van der Waals surface area (Å²) in [4.78, 5) is 2.13. The molecule has 1 aliphatic rings. The van der Waals surface area contributed by atoms with Gasteiger partial charge in [-0.25, -0.2) is 4.39 Å². The number of halogens is 1. The third kappa shape index (κ3) is 2.82. The van der Waals surface area contributed by atoms with Crippen molar-refractivity contribution < 1.29 is 13.5 Å². The van der Waals surface area contributed by atoms with Crippen LogP contribution >= 0.6 is 0 Å². The van der Waals surface area contributed by atoms with Crippen molar-refractivity contribution >= 4 is 11.5 Å². The maximum absolute atomic E-state index is 14.3. The SMILES string of the molecule is Cc1ccc(C2COCCN2c2ccc3nnc(-c4ccccc4F)n3n2)o1. The number of ether oxygens (including phenoxy) is 1. The predicted molar refractivity (Wildman–Crippen MR) is 101 cm³/mol. The number of hydrogen-bond donors (Lipinski definition) is 0. The van der Waals surface area contributed by atoms with E-state index in [4.69, 9.17) is 14.3 Å². The maximum Gasteiger partial charge on any atom is 0.188 e. The van der Waals surface area contributed by atoms with Gasteiger partial charge in [0, 0.05) is 6.54 Å². The third-order valence-electron chi connectivity index (χ3n) is 4.88. The topological polar surface area (TPSA) is 68.7 Å². The molecule has 1 aliphatic heterocycles. The fourth-order valence-corrected chi connectivity index (χ4v) is 3.49. The molecule has 0 amide bonds. The number of nitrogens with zero attached hydrogens (tertiary/aromatic N) is 5. The maximum atomic E-state index is 14.3. The van der Waals surface area contributed by atoms with E-state index in [2.05, 4.69) is 15.1 Å². The van der Waals surface area contributed by atoms with E-state index in [1.165, 1.54) is 6.07 Å². The van der Waals surface area contributed by atoms with E-state index in [0.717, 1.165) is 17.3 Å². The molecule has 8 heteroatoms. The smallest absolute Gasteiger partial charge is 0.188 e. The van der Waals surface area contributed by atoms with Gasteiger partial charge in [0.2, 0.25) is 0 Å². The van der Waals surface area contributed by atoms with Crippen LogP contribution in [-0.2, 0) is 4.74 Å². The summed E-state index contributed by atoms with van der Waals surface area (Å²) in [6.07, 6.45) is 0. The molecule has 5 rings (SSSR count). The van der Waals surface area contributed by atoms with Crippen molar-refractivity contribution in [3.8, 4) is 11.4 Å². The standard InChI is InChI=1S/C20H18FN5O2/c1-13-6-7-17(28-13)16-12-27-11-10-25(16)19-9-8-18-22-23-20(26(18)24-19)14-4-2-3-5-15(14)21/h2-9,16H,10-12H2,1H3. The van der Waals surface area contributed by atoms with Crippen LogP contribution in [0.3, 0.4) is 0 Å². The van der Waals surface area contributed by atoms with Gasteiger partial charge in [-0.15, -0.1) is 15.3 Å². The van der Waals surface area contributed by atoms with Gasteiger partial charge in [-0.05, 0) is 43.3 Å². The molecule has 0 saturated carbocycles. The molecule has 142 valence electrons. The Labute approximate surface area is 160 Å². The Morgan fingerprint density at radius 1 is 1.07 bits per heavy atom. The quantitative estimate of drug-likeness (QED) is 0.543. The first-order valence-electron chi connectivity index (χ1n) is 9.09. The van der Waals surface area contributed by atoms with Gasteiger partial charge in [-0.2, -0.15) is 4.52 Å². The van der Waals surface area contributed by atoms with Crippen molar-refractivity contribution in [2.45, 2.75) is 13.0 Å². The summed E-state index contributed by atoms with van der Waals surface area (Å²) in [7, 11) is 0. The largest absolute Gasteiger partial charge is 0.464 e. The molecule has 1 aromatic carbocycles. The van der Waals surface area contributed by atoms with E-state index in [9.17, 15) is 4.39 Å². The van der Waals surface area contributed by atoms with E-state index in [1.807, 2.05) is 31.2 Å². The molecule has 1 saturated heterocycles. The summed E-state index contributed by atoms with van der Waals surface area (Å²) in [6, 6.07) is 14.0. The first-order valence-corrected chi connectivity index (χ1v) is 9.09. The number of fused-ring (bicyclic) bond motifs is 1. The van der Waals surface area contributed by atoms with Crippen molar-refractivity contribution in [2.24, 2.45) is 0 Å². The first-order chi connectivity index (χ1) is 13.7. The van der Waals surface area contributed by atoms with Crippen LogP contribution in [0.4, 0.5) is 10.2 Å². The summed E-state index contributed by atoms with van der Waals surface area (Å²) in [5.74, 6) is 2.42. The molecule has 4 heterocycles. The zero-order chi connectivity index (χ0) is 19.1. The van der Waals surface area contributed by atoms with Crippen molar-refractivity contribution in [1.82, 2.24) is 19.8 Å². The Kier molecular flexibility index (Phi) is 4.05. The lowest BCUT2D eigenvalue weighted by atomic mass is 10.1. The van der Waals surface area contributed by atoms with E-state index >= 15 is 0 Å². The van der Waals surface area contributed by atoms with Gasteiger partial charge in [0.25, 0.3) is 0 Å². The van der Waals surface area contributed by atoms with Crippen molar-refractivity contribution in [1.29, 1.82) is 0 Å². The van der Waals surface area contributed by atoms with Gasteiger partial charge in [-0.3, -0.25) is 0 Å². The molecule has 4 aromatic rings. The fraction of sp³-hybridized carbons (Fsp3) is 0.250. The van der Waals surface area contributed by atoms with Gasteiger partial charge in [0.1, 0.15) is 23.4 Å². The molecule has 1 fully saturated rings. The van der Waals surface area contributed by atoms with Crippen LogP contribution in [0.1, 0.15) is 17.6 Å². The summed E-state index contributed by atoms with van der Waals surface area (Å²) >= 11 is 0. The molecule has 0 spiro atoms. The van der Waals surface area contributed by atoms with Crippen molar-refractivity contribution in [3.63, 3.8) is 0 Å². The van der Waals surface area contributed by atoms with E-state index < -0.39 is 0 Å². The summed E-state index contributed by atoms with van der Waals surface area (Å²) in [5.41, 5.74) is 0.917. The number of hydrogen-bond acceptors (Lipinski definition) is 6. The Bertz CT molecular complexity index is 1140. The predicted octanol–water partition coefficient (Wildman–Crippen LogP) is 3.41. The molecule has 28 heavy (non-hydrogen) atoms. The van der Waals surface area contributed by atoms with Crippen molar-refractivity contribution in [2.75, 3.05) is 24.7 Å². The molecule has 0 aliphatic carbocycles. The van der Waals surface area contributed by atoms with E-state index in [1.54, 1.807) is 22.7 Å². The van der Waals surface area contributed by atoms with Gasteiger partial charge in [0.15, 0.2) is 17.3 Å². The lowest BCUT2D eigenvalue weighted by Crippen LogP contribution is -2.40. The lowest BCUT2D eigenvalue weighted by Gasteiger charge is -2.35. The number of furan rings is 1. The van der Waals surface area contributed by atoms with E-state index in [-0.39, 0.29) is 11.9 Å². The van der Waals surface area contributed by atoms with Crippen LogP contribution < -0.4 is 4.90 Å². The monoisotopic (exact) mass is 379 g/mol. The van der Waals surface area contributed by atoms with Crippen LogP contribution in [0.5, 0.6) is 0 Å². The highest BCUT2D eigenvalue weighted by Gasteiger charge is 2.29. The lowest BCUT2D eigenvalue weighted by molar-refractivity contribution is 0.0869. The molecule has 1 atom stereocenters. The normalized spacial score (nSPS) is 17.4.